The SMILES string of the molecule is NC1CC(Oc2ccccc2)C12CCCCC2. The van der Waals surface area contributed by atoms with Gasteiger partial charge in [-0.25, -0.2) is 0 Å². The number of rotatable bonds is 2. The van der Waals surface area contributed by atoms with E-state index in [-0.39, 0.29) is 5.41 Å². The lowest BCUT2D eigenvalue weighted by Crippen LogP contribution is -2.64. The van der Waals surface area contributed by atoms with Crippen molar-refractivity contribution in [1.82, 2.24) is 0 Å². The van der Waals surface area contributed by atoms with Gasteiger partial charge in [0, 0.05) is 17.9 Å². The summed E-state index contributed by atoms with van der Waals surface area (Å²) in [5, 5.41) is 0. The second-order valence-electron chi connectivity index (χ2n) is 5.56. The minimum absolute atomic E-state index is 0.286. The summed E-state index contributed by atoms with van der Waals surface area (Å²) in [6, 6.07) is 10.5. The minimum Gasteiger partial charge on any atom is -0.490 e. The van der Waals surface area contributed by atoms with Crippen LogP contribution < -0.4 is 10.5 Å². The molecule has 92 valence electrons. The fraction of sp³-hybridized carbons (Fsp3) is 0.600. The lowest BCUT2D eigenvalue weighted by atomic mass is 9.55. The zero-order valence-corrected chi connectivity index (χ0v) is 10.3. The number of hydrogen-bond donors (Lipinski definition) is 1. The molecular formula is C15H21NO. The third kappa shape index (κ3) is 1.85. The summed E-state index contributed by atoms with van der Waals surface area (Å²) in [6.07, 6.45) is 7.89. The van der Waals surface area contributed by atoms with Crippen LogP contribution in [-0.4, -0.2) is 12.1 Å². The molecule has 0 radical (unpaired) electrons. The van der Waals surface area contributed by atoms with Crippen molar-refractivity contribution in [3.63, 3.8) is 0 Å². The summed E-state index contributed by atoms with van der Waals surface area (Å²) in [5.41, 5.74) is 6.54. The molecule has 2 N–H and O–H groups in total. The number of ether oxygens (including phenoxy) is 1. The maximum Gasteiger partial charge on any atom is 0.119 e. The molecular weight excluding hydrogens is 210 g/mol. The highest BCUT2D eigenvalue weighted by Crippen LogP contribution is 2.52. The molecule has 17 heavy (non-hydrogen) atoms. The molecule has 2 atom stereocenters. The lowest BCUT2D eigenvalue weighted by Gasteiger charge is -2.56. The van der Waals surface area contributed by atoms with Crippen molar-refractivity contribution >= 4 is 0 Å². The van der Waals surface area contributed by atoms with Crippen LogP contribution in [0.4, 0.5) is 0 Å². The average molecular weight is 231 g/mol. The van der Waals surface area contributed by atoms with E-state index >= 15 is 0 Å². The monoisotopic (exact) mass is 231 g/mol. The Kier molecular flexibility index (Phi) is 2.83. The van der Waals surface area contributed by atoms with Gasteiger partial charge in [-0.3, -0.25) is 0 Å². The Morgan fingerprint density at radius 2 is 1.76 bits per heavy atom. The Bertz CT molecular complexity index is 370. The van der Waals surface area contributed by atoms with Gasteiger partial charge in [0.25, 0.3) is 0 Å². The topological polar surface area (TPSA) is 35.2 Å². The molecule has 2 aliphatic carbocycles. The van der Waals surface area contributed by atoms with Crippen molar-refractivity contribution < 1.29 is 4.74 Å². The Labute approximate surface area is 103 Å². The molecule has 1 aromatic carbocycles. The Balaban J connectivity index is 1.72. The molecule has 1 spiro atoms. The minimum atomic E-state index is 0.286. The molecule has 0 heterocycles. The maximum absolute atomic E-state index is 6.25. The van der Waals surface area contributed by atoms with Crippen molar-refractivity contribution in [2.24, 2.45) is 11.1 Å². The first-order valence-corrected chi connectivity index (χ1v) is 6.78. The van der Waals surface area contributed by atoms with Gasteiger partial charge >= 0.3 is 0 Å². The molecule has 0 aliphatic heterocycles. The predicted molar refractivity (Wildman–Crippen MR) is 69.0 cm³/mol. The van der Waals surface area contributed by atoms with Gasteiger partial charge in [0.05, 0.1) is 0 Å². The molecule has 3 rings (SSSR count). The van der Waals surface area contributed by atoms with Crippen LogP contribution in [0.25, 0.3) is 0 Å². The Hall–Kier alpha value is -1.02. The summed E-state index contributed by atoms with van der Waals surface area (Å²) in [4.78, 5) is 0. The van der Waals surface area contributed by atoms with Gasteiger partial charge in [0.2, 0.25) is 0 Å². The van der Waals surface area contributed by atoms with E-state index < -0.39 is 0 Å². The fourth-order valence-electron chi connectivity index (χ4n) is 3.51. The Morgan fingerprint density at radius 1 is 1.06 bits per heavy atom. The van der Waals surface area contributed by atoms with Gasteiger partial charge in [-0.15, -0.1) is 0 Å². The van der Waals surface area contributed by atoms with Crippen molar-refractivity contribution in [3.8, 4) is 5.75 Å². The van der Waals surface area contributed by atoms with Crippen LogP contribution >= 0.6 is 0 Å². The fourth-order valence-corrected chi connectivity index (χ4v) is 3.51. The molecule has 0 amide bonds. The summed E-state index contributed by atoms with van der Waals surface area (Å²) in [5.74, 6) is 0.995. The maximum atomic E-state index is 6.25. The van der Waals surface area contributed by atoms with Crippen LogP contribution in [0.2, 0.25) is 0 Å². The standard InChI is InChI=1S/C15H21NO/c16-13-11-14(15(13)9-5-2-6-10-15)17-12-7-3-1-4-8-12/h1,3-4,7-8,13-14H,2,5-6,9-11,16H2. The van der Waals surface area contributed by atoms with E-state index in [1.165, 1.54) is 32.1 Å². The first kappa shape index (κ1) is 11.1. The quantitative estimate of drug-likeness (QED) is 0.848. The second-order valence-corrected chi connectivity index (χ2v) is 5.56. The van der Waals surface area contributed by atoms with Crippen LogP contribution in [0.15, 0.2) is 30.3 Å². The first-order valence-electron chi connectivity index (χ1n) is 6.78. The second kappa shape index (κ2) is 4.34. The molecule has 0 bridgehead atoms. The van der Waals surface area contributed by atoms with Crippen molar-refractivity contribution in [3.05, 3.63) is 30.3 Å². The highest BCUT2D eigenvalue weighted by molar-refractivity contribution is 5.23. The first-order chi connectivity index (χ1) is 8.31. The molecule has 1 aromatic rings. The van der Waals surface area contributed by atoms with Gasteiger partial charge in [0.1, 0.15) is 11.9 Å². The van der Waals surface area contributed by atoms with E-state index in [9.17, 15) is 0 Å². The highest BCUT2D eigenvalue weighted by Gasteiger charge is 2.54. The summed E-state index contributed by atoms with van der Waals surface area (Å²) < 4.78 is 6.13. The zero-order valence-electron chi connectivity index (χ0n) is 10.3. The van der Waals surface area contributed by atoms with Crippen molar-refractivity contribution in [2.75, 3.05) is 0 Å². The van der Waals surface area contributed by atoms with Crippen LogP contribution in [0, 0.1) is 5.41 Å². The van der Waals surface area contributed by atoms with Gasteiger partial charge < -0.3 is 10.5 Å². The molecule has 2 nitrogen and oxygen atoms in total. The number of para-hydroxylation sites is 1. The largest absolute Gasteiger partial charge is 0.490 e. The number of hydrogen-bond acceptors (Lipinski definition) is 2. The van der Waals surface area contributed by atoms with Crippen molar-refractivity contribution in [2.45, 2.75) is 50.7 Å². The van der Waals surface area contributed by atoms with Crippen LogP contribution in [0.5, 0.6) is 5.75 Å². The molecule has 2 saturated carbocycles. The lowest BCUT2D eigenvalue weighted by molar-refractivity contribution is -0.0898. The van der Waals surface area contributed by atoms with Gasteiger partial charge in [0.15, 0.2) is 0 Å². The normalized spacial score (nSPS) is 30.9. The van der Waals surface area contributed by atoms with E-state index in [4.69, 9.17) is 10.5 Å². The van der Waals surface area contributed by atoms with Gasteiger partial charge in [-0.05, 0) is 25.0 Å². The average Bonchev–Trinajstić information content (AvgIpc) is 2.41. The summed E-state index contributed by atoms with van der Waals surface area (Å²) in [7, 11) is 0. The summed E-state index contributed by atoms with van der Waals surface area (Å²) >= 11 is 0. The van der Waals surface area contributed by atoms with Gasteiger partial charge in [-0.2, -0.15) is 0 Å². The van der Waals surface area contributed by atoms with E-state index in [0.29, 0.717) is 12.1 Å². The van der Waals surface area contributed by atoms with E-state index in [2.05, 4.69) is 0 Å². The number of benzene rings is 1. The van der Waals surface area contributed by atoms with Crippen LogP contribution in [0.1, 0.15) is 38.5 Å². The Morgan fingerprint density at radius 3 is 2.41 bits per heavy atom. The van der Waals surface area contributed by atoms with E-state index in [1.54, 1.807) is 0 Å². The molecule has 0 saturated heterocycles. The molecule has 0 aromatic heterocycles. The third-order valence-electron chi connectivity index (χ3n) is 4.65. The zero-order chi connectivity index (χ0) is 11.7. The highest BCUT2D eigenvalue weighted by atomic mass is 16.5. The van der Waals surface area contributed by atoms with Crippen molar-refractivity contribution in [1.29, 1.82) is 0 Å². The molecule has 2 fully saturated rings. The van der Waals surface area contributed by atoms with E-state index in [1.807, 2.05) is 30.3 Å². The predicted octanol–water partition coefficient (Wildman–Crippen LogP) is 3.12. The van der Waals surface area contributed by atoms with E-state index in [0.717, 1.165) is 12.2 Å². The summed E-state index contributed by atoms with van der Waals surface area (Å²) in [6.45, 7) is 0. The van der Waals surface area contributed by atoms with Crippen LogP contribution in [0.3, 0.4) is 0 Å². The molecule has 2 unspecified atom stereocenters. The smallest absolute Gasteiger partial charge is 0.119 e. The molecule has 2 heteroatoms. The number of nitrogens with two attached hydrogens (primary N) is 1. The molecule has 2 aliphatic rings. The van der Waals surface area contributed by atoms with Crippen LogP contribution in [-0.2, 0) is 0 Å². The van der Waals surface area contributed by atoms with Gasteiger partial charge in [-0.1, -0.05) is 37.5 Å². The third-order valence-corrected chi connectivity index (χ3v) is 4.65.